The van der Waals surface area contributed by atoms with E-state index in [0.29, 0.717) is 6.42 Å². The Balaban J connectivity index is 2.62. The Morgan fingerprint density at radius 2 is 2.21 bits per heavy atom. The second-order valence-corrected chi connectivity index (χ2v) is 4.32. The van der Waals surface area contributed by atoms with Gasteiger partial charge in [0.05, 0.1) is 15.9 Å². The van der Waals surface area contributed by atoms with Crippen LogP contribution in [0.3, 0.4) is 0 Å². The molecule has 0 aliphatic heterocycles. The third-order valence-electron chi connectivity index (χ3n) is 2.20. The zero-order chi connectivity index (χ0) is 10.7. The minimum atomic E-state index is 0.250. The van der Waals surface area contributed by atoms with Crippen molar-refractivity contribution in [2.24, 2.45) is 7.05 Å². The summed E-state index contributed by atoms with van der Waals surface area (Å²) in [6.07, 6.45) is 2.45. The summed E-state index contributed by atoms with van der Waals surface area (Å²) in [7, 11) is 1.93. The number of aryl methyl sites for hydroxylation is 2. The van der Waals surface area contributed by atoms with Crippen LogP contribution in [-0.4, -0.2) is 15.6 Å². The molecule has 1 heterocycles. The molecule has 0 amide bonds. The Labute approximate surface area is 92.6 Å². The van der Waals surface area contributed by atoms with Crippen molar-refractivity contribution in [3.63, 3.8) is 0 Å². The van der Waals surface area contributed by atoms with Gasteiger partial charge in [-0.3, -0.25) is 4.68 Å². The van der Waals surface area contributed by atoms with E-state index < -0.39 is 0 Å². The van der Waals surface area contributed by atoms with Gasteiger partial charge in [0.2, 0.25) is 0 Å². The molecule has 0 radical (unpaired) electrons. The number of Topliss-reactive ketones (excluding diaryl/α,β-unsaturated/α-hetero) is 1. The first-order chi connectivity index (χ1) is 6.52. The van der Waals surface area contributed by atoms with Gasteiger partial charge in [0.1, 0.15) is 5.78 Å². The fraction of sp³-hybridized carbons (Fsp3) is 0.600. The predicted molar refractivity (Wildman–Crippen MR) is 59.3 cm³/mol. The molecule has 0 spiro atoms. The topological polar surface area (TPSA) is 34.9 Å². The normalized spacial score (nSPS) is 10.6. The molecular weight excluding hydrogens is 244 g/mol. The van der Waals surface area contributed by atoms with Crippen molar-refractivity contribution in [2.45, 2.75) is 33.1 Å². The molecule has 14 heavy (non-hydrogen) atoms. The summed E-state index contributed by atoms with van der Waals surface area (Å²) in [5.41, 5.74) is 2.18. The summed E-state index contributed by atoms with van der Waals surface area (Å²) in [5, 5.41) is 4.29. The standard InChI is InChI=1S/C10H15BrN2O/c1-7(14)5-4-6-9-10(11)8(2)12-13(9)3/h4-6H2,1-3H3. The van der Waals surface area contributed by atoms with E-state index >= 15 is 0 Å². The highest BCUT2D eigenvalue weighted by Gasteiger charge is 2.09. The maximum atomic E-state index is 10.8. The number of hydrogen-bond acceptors (Lipinski definition) is 2. The van der Waals surface area contributed by atoms with Gasteiger partial charge in [0, 0.05) is 13.5 Å². The lowest BCUT2D eigenvalue weighted by Crippen LogP contribution is -2.00. The minimum Gasteiger partial charge on any atom is -0.300 e. The van der Waals surface area contributed by atoms with Crippen LogP contribution in [0.25, 0.3) is 0 Å². The molecule has 0 N–H and O–H groups in total. The van der Waals surface area contributed by atoms with Crippen LogP contribution in [-0.2, 0) is 18.3 Å². The zero-order valence-electron chi connectivity index (χ0n) is 8.80. The van der Waals surface area contributed by atoms with Gasteiger partial charge in [-0.2, -0.15) is 5.10 Å². The number of ketones is 1. The summed E-state index contributed by atoms with van der Waals surface area (Å²) in [6.45, 7) is 3.60. The smallest absolute Gasteiger partial charge is 0.129 e. The lowest BCUT2D eigenvalue weighted by molar-refractivity contribution is -0.117. The number of hydrogen-bond donors (Lipinski definition) is 0. The fourth-order valence-electron chi connectivity index (χ4n) is 1.46. The average Bonchev–Trinajstić information content (AvgIpc) is 2.31. The highest BCUT2D eigenvalue weighted by molar-refractivity contribution is 9.10. The minimum absolute atomic E-state index is 0.250. The van der Waals surface area contributed by atoms with Gasteiger partial charge in [0.15, 0.2) is 0 Å². The molecule has 0 aliphatic carbocycles. The molecule has 1 rings (SSSR count). The molecule has 0 saturated heterocycles. The number of aromatic nitrogens is 2. The van der Waals surface area contributed by atoms with E-state index in [4.69, 9.17) is 0 Å². The second kappa shape index (κ2) is 4.73. The van der Waals surface area contributed by atoms with Crippen molar-refractivity contribution in [3.05, 3.63) is 15.9 Å². The van der Waals surface area contributed by atoms with E-state index in [-0.39, 0.29) is 5.78 Å². The Hall–Kier alpha value is -0.640. The van der Waals surface area contributed by atoms with Gasteiger partial charge in [-0.25, -0.2) is 0 Å². The molecule has 1 aromatic heterocycles. The number of carbonyl (C=O) groups is 1. The van der Waals surface area contributed by atoms with Crippen LogP contribution in [0.5, 0.6) is 0 Å². The number of carbonyl (C=O) groups excluding carboxylic acids is 1. The molecule has 3 nitrogen and oxygen atoms in total. The highest BCUT2D eigenvalue weighted by atomic mass is 79.9. The van der Waals surface area contributed by atoms with Crippen molar-refractivity contribution in [1.82, 2.24) is 9.78 Å². The van der Waals surface area contributed by atoms with Crippen LogP contribution in [0.2, 0.25) is 0 Å². The lowest BCUT2D eigenvalue weighted by Gasteiger charge is -2.01. The third kappa shape index (κ3) is 2.67. The molecule has 0 fully saturated rings. The molecule has 78 valence electrons. The van der Waals surface area contributed by atoms with Gasteiger partial charge >= 0.3 is 0 Å². The van der Waals surface area contributed by atoms with Crippen molar-refractivity contribution < 1.29 is 4.79 Å². The van der Waals surface area contributed by atoms with E-state index in [0.717, 1.165) is 23.0 Å². The summed E-state index contributed by atoms with van der Waals surface area (Å²) in [5.74, 6) is 0.250. The molecule has 0 aromatic carbocycles. The lowest BCUT2D eigenvalue weighted by atomic mass is 10.1. The summed E-state index contributed by atoms with van der Waals surface area (Å²) >= 11 is 3.50. The van der Waals surface area contributed by atoms with Crippen molar-refractivity contribution in [3.8, 4) is 0 Å². The molecule has 1 aromatic rings. The Morgan fingerprint density at radius 1 is 1.57 bits per heavy atom. The predicted octanol–water partition coefficient (Wildman–Crippen LogP) is 2.40. The van der Waals surface area contributed by atoms with Gasteiger partial charge in [0.25, 0.3) is 0 Å². The van der Waals surface area contributed by atoms with Gasteiger partial charge in [-0.05, 0) is 42.6 Å². The van der Waals surface area contributed by atoms with Crippen molar-refractivity contribution in [2.75, 3.05) is 0 Å². The second-order valence-electron chi connectivity index (χ2n) is 3.53. The fourth-order valence-corrected chi connectivity index (χ4v) is 1.99. The maximum absolute atomic E-state index is 10.8. The van der Waals surface area contributed by atoms with Gasteiger partial charge in [-0.1, -0.05) is 0 Å². The van der Waals surface area contributed by atoms with Gasteiger partial charge < -0.3 is 4.79 Å². The Kier molecular flexibility index (Phi) is 3.86. The zero-order valence-corrected chi connectivity index (χ0v) is 10.4. The SMILES string of the molecule is CC(=O)CCCc1c(Br)c(C)nn1C. The Bertz CT molecular complexity index is 344. The maximum Gasteiger partial charge on any atom is 0.129 e. The molecule has 0 bridgehead atoms. The molecule has 0 saturated carbocycles. The first-order valence-corrected chi connectivity index (χ1v) is 5.49. The van der Waals surface area contributed by atoms with E-state index in [2.05, 4.69) is 21.0 Å². The third-order valence-corrected chi connectivity index (χ3v) is 3.24. The number of rotatable bonds is 4. The Morgan fingerprint density at radius 3 is 2.64 bits per heavy atom. The highest BCUT2D eigenvalue weighted by Crippen LogP contribution is 2.21. The van der Waals surface area contributed by atoms with Crippen LogP contribution >= 0.6 is 15.9 Å². The number of nitrogens with zero attached hydrogens (tertiary/aromatic N) is 2. The van der Waals surface area contributed by atoms with E-state index in [9.17, 15) is 4.79 Å². The quantitative estimate of drug-likeness (QED) is 0.832. The first kappa shape index (κ1) is 11.4. The van der Waals surface area contributed by atoms with Crippen LogP contribution in [0.1, 0.15) is 31.2 Å². The number of halogens is 1. The molecular formula is C10H15BrN2O. The van der Waals surface area contributed by atoms with Crippen LogP contribution in [0, 0.1) is 6.92 Å². The monoisotopic (exact) mass is 258 g/mol. The summed E-state index contributed by atoms with van der Waals surface area (Å²) in [4.78, 5) is 10.8. The molecule has 0 atom stereocenters. The molecule has 0 unspecified atom stereocenters. The van der Waals surface area contributed by atoms with Gasteiger partial charge in [-0.15, -0.1) is 0 Å². The first-order valence-electron chi connectivity index (χ1n) is 4.69. The van der Waals surface area contributed by atoms with E-state index in [1.165, 1.54) is 5.69 Å². The van der Waals surface area contributed by atoms with E-state index in [1.54, 1.807) is 6.92 Å². The van der Waals surface area contributed by atoms with Crippen LogP contribution in [0.15, 0.2) is 4.47 Å². The van der Waals surface area contributed by atoms with Crippen LogP contribution < -0.4 is 0 Å². The molecule has 0 aliphatic rings. The van der Waals surface area contributed by atoms with Crippen molar-refractivity contribution >= 4 is 21.7 Å². The molecule has 4 heteroatoms. The summed E-state index contributed by atoms with van der Waals surface area (Å²) in [6, 6.07) is 0. The average molecular weight is 259 g/mol. The van der Waals surface area contributed by atoms with E-state index in [1.807, 2.05) is 18.7 Å². The van der Waals surface area contributed by atoms with Crippen LogP contribution in [0.4, 0.5) is 0 Å². The summed E-state index contributed by atoms with van der Waals surface area (Å²) < 4.78 is 2.95. The van der Waals surface area contributed by atoms with Crippen molar-refractivity contribution in [1.29, 1.82) is 0 Å². The largest absolute Gasteiger partial charge is 0.300 e.